The van der Waals surface area contributed by atoms with Crippen LogP contribution in [0.15, 0.2) is 41.3 Å². The van der Waals surface area contributed by atoms with E-state index in [0.29, 0.717) is 43.3 Å². The Hall–Kier alpha value is -2.20. The number of thiazole rings is 1. The molecule has 0 spiro atoms. The van der Waals surface area contributed by atoms with E-state index < -0.39 is 10.0 Å². The number of piperazine rings is 1. The van der Waals surface area contributed by atoms with E-state index >= 15 is 0 Å². The SMILES string of the molecule is CCC1CCCCN1S(=O)(=O)c1ccc(C(=O)N2CCN(c3nc4c(C)ccc(Cl)c4s3)CC2)cc1. The van der Waals surface area contributed by atoms with Crippen LogP contribution in [0.25, 0.3) is 10.2 Å². The molecule has 2 aliphatic rings. The van der Waals surface area contributed by atoms with Crippen molar-refractivity contribution in [1.82, 2.24) is 14.2 Å². The lowest BCUT2D eigenvalue weighted by atomic mass is 10.0. The molecular weight excluding hydrogens is 516 g/mol. The maximum atomic E-state index is 13.2. The zero-order valence-corrected chi connectivity index (χ0v) is 23.0. The van der Waals surface area contributed by atoms with E-state index in [4.69, 9.17) is 16.6 Å². The molecule has 2 saturated heterocycles. The fourth-order valence-corrected chi connectivity index (χ4v) is 8.25. The van der Waals surface area contributed by atoms with Gasteiger partial charge in [-0.15, -0.1) is 0 Å². The molecule has 0 saturated carbocycles. The van der Waals surface area contributed by atoms with Gasteiger partial charge in [0, 0.05) is 44.3 Å². The summed E-state index contributed by atoms with van der Waals surface area (Å²) in [6, 6.07) is 10.4. The first-order valence-electron chi connectivity index (χ1n) is 12.5. The summed E-state index contributed by atoms with van der Waals surface area (Å²) in [7, 11) is -3.56. The maximum Gasteiger partial charge on any atom is 0.253 e. The number of piperidine rings is 1. The van der Waals surface area contributed by atoms with Crippen molar-refractivity contribution in [2.24, 2.45) is 0 Å². The number of benzene rings is 2. The second-order valence-corrected chi connectivity index (χ2v) is 12.8. The number of sulfonamides is 1. The normalized spacial score (nSPS) is 19.7. The molecule has 3 aromatic rings. The van der Waals surface area contributed by atoms with Crippen LogP contribution in [0.1, 0.15) is 48.5 Å². The monoisotopic (exact) mass is 546 g/mol. The first-order valence-corrected chi connectivity index (χ1v) is 15.1. The number of hydrogen-bond donors (Lipinski definition) is 0. The van der Waals surface area contributed by atoms with Crippen molar-refractivity contribution in [2.45, 2.75) is 50.5 Å². The first kappa shape index (κ1) is 25.4. The molecule has 0 radical (unpaired) electrons. The van der Waals surface area contributed by atoms with Gasteiger partial charge < -0.3 is 9.80 Å². The van der Waals surface area contributed by atoms with Gasteiger partial charge in [-0.25, -0.2) is 13.4 Å². The largest absolute Gasteiger partial charge is 0.345 e. The Morgan fingerprint density at radius 1 is 1.06 bits per heavy atom. The minimum Gasteiger partial charge on any atom is -0.345 e. The van der Waals surface area contributed by atoms with Gasteiger partial charge in [0.05, 0.1) is 20.1 Å². The highest BCUT2D eigenvalue weighted by Gasteiger charge is 2.33. The Bertz CT molecular complexity index is 1330. The maximum absolute atomic E-state index is 13.2. The molecule has 0 aliphatic carbocycles. The van der Waals surface area contributed by atoms with Crippen LogP contribution in [0, 0.1) is 6.92 Å². The Kier molecular flexibility index (Phi) is 7.27. The molecule has 1 atom stereocenters. The van der Waals surface area contributed by atoms with Crippen LogP contribution in [-0.2, 0) is 10.0 Å². The van der Waals surface area contributed by atoms with Gasteiger partial charge in [-0.05, 0) is 62.1 Å². The summed E-state index contributed by atoms with van der Waals surface area (Å²) < 4.78 is 29.1. The standard InChI is InChI=1S/C26H31ClN4O3S2/c1-3-20-6-4-5-13-31(20)36(33,34)21-10-8-19(9-11-21)25(32)29-14-16-30(17-15-29)26-28-23-18(2)7-12-22(27)24(23)35-26/h7-12,20H,3-6,13-17H2,1-2H3. The highest BCUT2D eigenvalue weighted by Crippen LogP contribution is 2.36. The van der Waals surface area contributed by atoms with Crippen molar-refractivity contribution in [2.75, 3.05) is 37.6 Å². The van der Waals surface area contributed by atoms with Crippen molar-refractivity contribution in [3.05, 3.63) is 52.5 Å². The van der Waals surface area contributed by atoms with Crippen LogP contribution in [0.4, 0.5) is 5.13 Å². The molecule has 0 N–H and O–H groups in total. The second kappa shape index (κ2) is 10.3. The molecule has 0 bridgehead atoms. The van der Waals surface area contributed by atoms with Crippen LogP contribution in [0.5, 0.6) is 0 Å². The quantitative estimate of drug-likeness (QED) is 0.441. The predicted octanol–water partition coefficient (Wildman–Crippen LogP) is 5.17. The van der Waals surface area contributed by atoms with E-state index in [-0.39, 0.29) is 16.8 Å². The van der Waals surface area contributed by atoms with Gasteiger partial charge in [0.1, 0.15) is 0 Å². The van der Waals surface area contributed by atoms with E-state index in [1.165, 1.54) is 0 Å². The van der Waals surface area contributed by atoms with Crippen molar-refractivity contribution in [3.63, 3.8) is 0 Å². The number of fused-ring (bicyclic) bond motifs is 1. The fourth-order valence-electron chi connectivity index (χ4n) is 5.11. The Labute approximate surface area is 221 Å². The first-order chi connectivity index (χ1) is 17.3. The van der Waals surface area contributed by atoms with Gasteiger partial charge in [-0.3, -0.25) is 4.79 Å². The topological polar surface area (TPSA) is 73.8 Å². The third-order valence-electron chi connectivity index (χ3n) is 7.28. The number of nitrogens with zero attached hydrogens (tertiary/aromatic N) is 4. The summed E-state index contributed by atoms with van der Waals surface area (Å²) in [6.45, 7) is 7.15. The number of anilines is 1. The van der Waals surface area contributed by atoms with Gasteiger partial charge in [0.15, 0.2) is 5.13 Å². The summed E-state index contributed by atoms with van der Waals surface area (Å²) in [5.74, 6) is -0.0776. The molecule has 2 fully saturated rings. The molecule has 1 aromatic heterocycles. The number of carbonyl (C=O) groups excluding carboxylic acids is 1. The highest BCUT2D eigenvalue weighted by atomic mass is 35.5. The molecule has 10 heteroatoms. The van der Waals surface area contributed by atoms with Crippen molar-refractivity contribution < 1.29 is 13.2 Å². The minimum atomic E-state index is -3.56. The molecule has 7 nitrogen and oxygen atoms in total. The van der Waals surface area contributed by atoms with E-state index in [9.17, 15) is 13.2 Å². The van der Waals surface area contributed by atoms with Crippen molar-refractivity contribution >= 4 is 54.2 Å². The summed E-state index contributed by atoms with van der Waals surface area (Å²) in [5.41, 5.74) is 2.54. The second-order valence-electron chi connectivity index (χ2n) is 9.52. The number of rotatable bonds is 5. The molecule has 1 amide bonds. The Morgan fingerprint density at radius 2 is 1.78 bits per heavy atom. The van der Waals surface area contributed by atoms with E-state index in [2.05, 4.69) is 4.90 Å². The van der Waals surface area contributed by atoms with Gasteiger partial charge in [0.2, 0.25) is 10.0 Å². The predicted molar refractivity (Wildman–Crippen MR) is 146 cm³/mol. The molecule has 36 heavy (non-hydrogen) atoms. The number of hydrogen-bond acceptors (Lipinski definition) is 6. The van der Waals surface area contributed by atoms with E-state index in [1.807, 2.05) is 30.9 Å². The van der Waals surface area contributed by atoms with Crippen LogP contribution in [-0.4, -0.2) is 67.3 Å². The zero-order valence-electron chi connectivity index (χ0n) is 20.6. The number of halogens is 1. The average Bonchev–Trinajstić information content (AvgIpc) is 3.38. The van der Waals surface area contributed by atoms with E-state index in [0.717, 1.165) is 46.6 Å². The van der Waals surface area contributed by atoms with Crippen LogP contribution >= 0.6 is 22.9 Å². The Morgan fingerprint density at radius 3 is 2.44 bits per heavy atom. The molecular formula is C26H31ClN4O3S2. The summed E-state index contributed by atoms with van der Waals surface area (Å²) in [5, 5.41) is 1.63. The summed E-state index contributed by atoms with van der Waals surface area (Å²) in [4.78, 5) is 22.2. The third-order valence-corrected chi connectivity index (χ3v) is 10.8. The lowest BCUT2D eigenvalue weighted by Crippen LogP contribution is -2.48. The van der Waals surface area contributed by atoms with E-state index in [1.54, 1.807) is 39.9 Å². The fraction of sp³-hybridized carbons (Fsp3) is 0.462. The van der Waals surface area contributed by atoms with Gasteiger partial charge in [-0.1, -0.05) is 42.3 Å². The van der Waals surface area contributed by atoms with Crippen LogP contribution < -0.4 is 4.90 Å². The molecule has 192 valence electrons. The summed E-state index contributed by atoms with van der Waals surface area (Å²) >= 11 is 7.96. The number of aromatic nitrogens is 1. The molecule has 3 heterocycles. The third kappa shape index (κ3) is 4.74. The average molecular weight is 547 g/mol. The van der Waals surface area contributed by atoms with Gasteiger partial charge in [-0.2, -0.15) is 4.31 Å². The van der Waals surface area contributed by atoms with Crippen molar-refractivity contribution in [1.29, 1.82) is 0 Å². The molecule has 5 rings (SSSR count). The molecule has 2 aliphatic heterocycles. The number of amides is 1. The molecule has 1 unspecified atom stereocenters. The van der Waals surface area contributed by atoms with Gasteiger partial charge >= 0.3 is 0 Å². The smallest absolute Gasteiger partial charge is 0.253 e. The highest BCUT2D eigenvalue weighted by molar-refractivity contribution is 7.89. The van der Waals surface area contributed by atoms with Crippen LogP contribution in [0.3, 0.4) is 0 Å². The van der Waals surface area contributed by atoms with Gasteiger partial charge in [0.25, 0.3) is 5.91 Å². The van der Waals surface area contributed by atoms with Crippen LogP contribution in [0.2, 0.25) is 5.02 Å². The lowest BCUT2D eigenvalue weighted by molar-refractivity contribution is 0.0746. The zero-order chi connectivity index (χ0) is 25.4. The minimum absolute atomic E-state index is 0.0525. The Balaban J connectivity index is 1.25. The number of aryl methyl sites for hydroxylation is 1. The number of carbonyl (C=O) groups is 1. The van der Waals surface area contributed by atoms with Crippen molar-refractivity contribution in [3.8, 4) is 0 Å². The summed E-state index contributed by atoms with van der Waals surface area (Å²) in [6.07, 6.45) is 3.67. The lowest BCUT2D eigenvalue weighted by Gasteiger charge is -2.35. The molecule has 2 aromatic carbocycles.